The summed E-state index contributed by atoms with van der Waals surface area (Å²) in [5, 5.41) is 5.99. The lowest BCUT2D eigenvalue weighted by Gasteiger charge is -2.19. The highest BCUT2D eigenvalue weighted by molar-refractivity contribution is 6.31. The van der Waals surface area contributed by atoms with E-state index in [-0.39, 0.29) is 18.4 Å². The Morgan fingerprint density at radius 2 is 1.72 bits per heavy atom. The maximum atomic E-state index is 12.5. The molecular weight excluding hydrogens is 398 g/mol. The van der Waals surface area contributed by atoms with E-state index in [1.807, 2.05) is 0 Å². The van der Waals surface area contributed by atoms with Crippen molar-refractivity contribution >= 4 is 34.9 Å². The smallest absolute Gasteiger partial charge is 0.319 e. The molecule has 8 nitrogen and oxygen atoms in total. The molecule has 3 amide bonds. The van der Waals surface area contributed by atoms with Crippen LogP contribution in [0.1, 0.15) is 6.42 Å². The first-order chi connectivity index (χ1) is 13.9. The highest BCUT2D eigenvalue weighted by atomic mass is 35.5. The lowest BCUT2D eigenvalue weighted by atomic mass is 10.2. The number of benzene rings is 2. The number of carbonyl (C=O) groups is 2. The van der Waals surface area contributed by atoms with Gasteiger partial charge in [-0.25, -0.2) is 4.79 Å². The fourth-order valence-corrected chi connectivity index (χ4v) is 3.34. The standard InChI is InChI=1S/C20H22ClN3O5/c1-27-16-6-4-12(21)8-15(16)23-20(26)22-13-9-19(25)24(11-13)14-5-7-17(28-2)18(10-14)29-3/h4-8,10,13H,9,11H2,1-3H3,(H2,22,23,26)/t13-/m0/s1. The van der Waals surface area contributed by atoms with E-state index >= 15 is 0 Å². The molecular formula is C20H22ClN3O5. The Balaban J connectivity index is 1.66. The van der Waals surface area contributed by atoms with Crippen LogP contribution in [0.3, 0.4) is 0 Å². The Hall–Kier alpha value is -3.13. The minimum Gasteiger partial charge on any atom is -0.495 e. The fraction of sp³-hybridized carbons (Fsp3) is 0.300. The van der Waals surface area contributed by atoms with Crippen molar-refractivity contribution in [3.63, 3.8) is 0 Å². The number of nitrogens with one attached hydrogen (secondary N) is 2. The topological polar surface area (TPSA) is 89.1 Å². The number of methoxy groups -OCH3 is 3. The zero-order valence-corrected chi connectivity index (χ0v) is 17.1. The van der Waals surface area contributed by atoms with Gasteiger partial charge in [-0.15, -0.1) is 0 Å². The average molecular weight is 420 g/mol. The van der Waals surface area contributed by atoms with Crippen LogP contribution in [0.4, 0.5) is 16.2 Å². The fourth-order valence-electron chi connectivity index (χ4n) is 3.17. The number of hydrogen-bond donors (Lipinski definition) is 2. The summed E-state index contributed by atoms with van der Waals surface area (Å²) in [7, 11) is 4.58. The average Bonchev–Trinajstić information content (AvgIpc) is 3.07. The monoisotopic (exact) mass is 419 g/mol. The van der Waals surface area contributed by atoms with Crippen molar-refractivity contribution in [2.24, 2.45) is 0 Å². The minimum absolute atomic E-state index is 0.0946. The molecule has 1 atom stereocenters. The molecule has 9 heteroatoms. The largest absolute Gasteiger partial charge is 0.495 e. The zero-order valence-electron chi connectivity index (χ0n) is 16.3. The first-order valence-corrected chi connectivity index (χ1v) is 9.26. The molecule has 0 unspecified atom stereocenters. The van der Waals surface area contributed by atoms with Crippen molar-refractivity contribution in [1.29, 1.82) is 0 Å². The van der Waals surface area contributed by atoms with Gasteiger partial charge in [0.25, 0.3) is 0 Å². The van der Waals surface area contributed by atoms with Crippen molar-refractivity contribution in [3.8, 4) is 17.2 Å². The highest BCUT2D eigenvalue weighted by Gasteiger charge is 2.32. The molecule has 0 spiro atoms. The zero-order chi connectivity index (χ0) is 21.0. The Labute approximate surface area is 173 Å². The van der Waals surface area contributed by atoms with Crippen LogP contribution in [-0.2, 0) is 4.79 Å². The van der Waals surface area contributed by atoms with Crippen molar-refractivity contribution in [2.75, 3.05) is 38.1 Å². The van der Waals surface area contributed by atoms with Gasteiger partial charge in [0.05, 0.1) is 33.1 Å². The molecule has 0 saturated carbocycles. The number of hydrogen-bond acceptors (Lipinski definition) is 5. The van der Waals surface area contributed by atoms with Gasteiger partial charge in [0, 0.05) is 29.7 Å². The lowest BCUT2D eigenvalue weighted by molar-refractivity contribution is -0.117. The molecule has 2 aromatic rings. The molecule has 1 aliphatic rings. The van der Waals surface area contributed by atoms with Gasteiger partial charge in [-0.2, -0.15) is 0 Å². The molecule has 29 heavy (non-hydrogen) atoms. The van der Waals surface area contributed by atoms with Gasteiger partial charge in [-0.1, -0.05) is 11.6 Å². The predicted octanol–water partition coefficient (Wildman–Crippen LogP) is 3.29. The van der Waals surface area contributed by atoms with Crippen molar-refractivity contribution < 1.29 is 23.8 Å². The molecule has 0 bridgehead atoms. The molecule has 2 N–H and O–H groups in total. The first-order valence-electron chi connectivity index (χ1n) is 8.88. The Morgan fingerprint density at radius 1 is 1.03 bits per heavy atom. The van der Waals surface area contributed by atoms with Crippen LogP contribution < -0.4 is 29.7 Å². The maximum absolute atomic E-state index is 12.5. The summed E-state index contributed by atoms with van der Waals surface area (Å²) >= 11 is 5.98. The van der Waals surface area contributed by atoms with Crippen LogP contribution in [-0.4, -0.2) is 45.9 Å². The second kappa shape index (κ2) is 8.91. The predicted molar refractivity (Wildman–Crippen MR) is 110 cm³/mol. The molecule has 1 fully saturated rings. The molecule has 2 aromatic carbocycles. The SMILES string of the molecule is COc1ccc(Cl)cc1NC(=O)N[C@H]1CC(=O)N(c2ccc(OC)c(OC)c2)C1. The van der Waals surface area contributed by atoms with E-state index in [4.69, 9.17) is 25.8 Å². The summed E-state index contributed by atoms with van der Waals surface area (Å²) in [6.07, 6.45) is 0.189. The van der Waals surface area contributed by atoms with E-state index < -0.39 is 6.03 Å². The Morgan fingerprint density at radius 3 is 2.41 bits per heavy atom. The molecule has 154 valence electrons. The van der Waals surface area contributed by atoms with Gasteiger partial charge in [0.1, 0.15) is 5.75 Å². The van der Waals surface area contributed by atoms with E-state index in [9.17, 15) is 9.59 Å². The molecule has 1 aliphatic heterocycles. The van der Waals surface area contributed by atoms with Crippen molar-refractivity contribution in [2.45, 2.75) is 12.5 Å². The van der Waals surface area contributed by atoms with Gasteiger partial charge in [-0.3, -0.25) is 4.79 Å². The quantitative estimate of drug-likeness (QED) is 0.750. The molecule has 0 aliphatic carbocycles. The van der Waals surface area contributed by atoms with Crippen molar-refractivity contribution in [3.05, 3.63) is 41.4 Å². The molecule has 0 aromatic heterocycles. The van der Waals surface area contributed by atoms with Crippen LogP contribution in [0.2, 0.25) is 5.02 Å². The van der Waals surface area contributed by atoms with E-state index in [1.54, 1.807) is 48.4 Å². The van der Waals surface area contributed by atoms with Crippen LogP contribution in [0, 0.1) is 0 Å². The number of carbonyl (C=O) groups excluding carboxylic acids is 2. The van der Waals surface area contributed by atoms with E-state index in [0.29, 0.717) is 40.2 Å². The lowest BCUT2D eigenvalue weighted by Crippen LogP contribution is -2.39. The van der Waals surface area contributed by atoms with Crippen LogP contribution in [0.25, 0.3) is 0 Å². The number of halogens is 1. The Bertz CT molecular complexity index is 921. The summed E-state index contributed by atoms with van der Waals surface area (Å²) in [6.45, 7) is 0.342. The summed E-state index contributed by atoms with van der Waals surface area (Å²) in [5.74, 6) is 1.49. The summed E-state index contributed by atoms with van der Waals surface area (Å²) in [6, 6.07) is 9.37. The van der Waals surface area contributed by atoms with Gasteiger partial charge >= 0.3 is 6.03 Å². The Kier molecular flexibility index (Phi) is 6.33. The molecule has 0 radical (unpaired) electrons. The van der Waals surface area contributed by atoms with Crippen molar-refractivity contribution in [1.82, 2.24) is 5.32 Å². The number of anilines is 2. The second-order valence-corrected chi connectivity index (χ2v) is 6.82. The molecule has 1 heterocycles. The summed E-state index contributed by atoms with van der Waals surface area (Å²) in [4.78, 5) is 26.5. The minimum atomic E-state index is -0.447. The summed E-state index contributed by atoms with van der Waals surface area (Å²) in [5.41, 5.74) is 1.12. The normalized spacial score (nSPS) is 15.8. The third kappa shape index (κ3) is 4.65. The molecule has 3 rings (SSSR count). The van der Waals surface area contributed by atoms with Crippen LogP contribution in [0.15, 0.2) is 36.4 Å². The highest BCUT2D eigenvalue weighted by Crippen LogP contribution is 2.33. The maximum Gasteiger partial charge on any atom is 0.319 e. The van der Waals surface area contributed by atoms with Gasteiger partial charge in [0.15, 0.2) is 11.5 Å². The number of rotatable bonds is 6. The summed E-state index contributed by atoms with van der Waals surface area (Å²) < 4.78 is 15.7. The van der Waals surface area contributed by atoms with E-state index in [1.165, 1.54) is 14.2 Å². The number of ether oxygens (including phenoxy) is 3. The second-order valence-electron chi connectivity index (χ2n) is 6.39. The van der Waals surface area contributed by atoms with Gasteiger partial charge < -0.3 is 29.7 Å². The molecule has 1 saturated heterocycles. The third-order valence-corrected chi connectivity index (χ3v) is 4.78. The van der Waals surface area contributed by atoms with Gasteiger partial charge in [0.2, 0.25) is 5.91 Å². The van der Waals surface area contributed by atoms with Crippen LogP contribution >= 0.6 is 11.6 Å². The van der Waals surface area contributed by atoms with E-state index in [2.05, 4.69) is 10.6 Å². The van der Waals surface area contributed by atoms with Gasteiger partial charge in [-0.05, 0) is 30.3 Å². The van der Waals surface area contributed by atoms with E-state index in [0.717, 1.165) is 0 Å². The van der Waals surface area contributed by atoms with Crippen LogP contribution in [0.5, 0.6) is 17.2 Å². The number of amides is 3. The number of urea groups is 1. The first kappa shape index (κ1) is 20.6. The number of nitrogens with zero attached hydrogens (tertiary/aromatic N) is 1. The third-order valence-electron chi connectivity index (χ3n) is 4.55.